The van der Waals surface area contributed by atoms with Crippen LogP contribution in [0, 0.1) is 0 Å². The molecule has 1 unspecified atom stereocenters. The van der Waals surface area contributed by atoms with E-state index in [9.17, 15) is 0 Å². The van der Waals surface area contributed by atoms with E-state index in [2.05, 4.69) is 50.9 Å². The highest BCUT2D eigenvalue weighted by Gasteiger charge is 2.24. The summed E-state index contributed by atoms with van der Waals surface area (Å²) in [7, 11) is 0. The lowest BCUT2D eigenvalue weighted by molar-refractivity contribution is 0.172. The molecule has 1 aromatic carbocycles. The van der Waals surface area contributed by atoms with Crippen LogP contribution in [0.3, 0.4) is 0 Å². The van der Waals surface area contributed by atoms with Gasteiger partial charge in [0.1, 0.15) is 5.01 Å². The van der Waals surface area contributed by atoms with Gasteiger partial charge in [-0.1, -0.05) is 30.3 Å². The fourth-order valence-electron chi connectivity index (χ4n) is 2.60. The molecule has 0 amide bonds. The van der Waals surface area contributed by atoms with Crippen molar-refractivity contribution in [1.29, 1.82) is 0 Å². The van der Waals surface area contributed by atoms with E-state index in [0.29, 0.717) is 6.04 Å². The SMILES string of the molecule is c1ccc(CC(c2nccs2)N2CCNCC2)cc1. The van der Waals surface area contributed by atoms with E-state index >= 15 is 0 Å². The minimum atomic E-state index is 0.421. The highest BCUT2D eigenvalue weighted by molar-refractivity contribution is 7.09. The Hall–Kier alpha value is -1.23. The molecule has 1 aliphatic heterocycles. The maximum atomic E-state index is 4.54. The standard InChI is InChI=1S/C15H19N3S/c1-2-4-13(5-3-1)12-14(15-17-8-11-19-15)18-9-6-16-7-10-18/h1-5,8,11,14,16H,6-7,9-10,12H2. The van der Waals surface area contributed by atoms with Crippen LogP contribution in [-0.4, -0.2) is 36.1 Å². The molecule has 0 saturated carbocycles. The number of piperazine rings is 1. The van der Waals surface area contributed by atoms with Gasteiger partial charge in [-0.15, -0.1) is 11.3 Å². The molecule has 100 valence electrons. The molecule has 2 aromatic rings. The van der Waals surface area contributed by atoms with Crippen molar-refractivity contribution in [1.82, 2.24) is 15.2 Å². The maximum absolute atomic E-state index is 4.54. The van der Waals surface area contributed by atoms with E-state index in [-0.39, 0.29) is 0 Å². The molecular formula is C15H19N3S. The summed E-state index contributed by atoms with van der Waals surface area (Å²) in [5.74, 6) is 0. The molecule has 3 rings (SSSR count). The normalized spacial score (nSPS) is 18.3. The first kappa shape index (κ1) is 12.8. The van der Waals surface area contributed by atoms with Crippen LogP contribution in [0.15, 0.2) is 41.9 Å². The van der Waals surface area contributed by atoms with Crippen LogP contribution in [0.25, 0.3) is 0 Å². The largest absolute Gasteiger partial charge is 0.314 e. The van der Waals surface area contributed by atoms with E-state index in [4.69, 9.17) is 0 Å². The summed E-state index contributed by atoms with van der Waals surface area (Å²) in [6.07, 6.45) is 2.97. The van der Waals surface area contributed by atoms with Gasteiger partial charge in [-0.3, -0.25) is 4.90 Å². The monoisotopic (exact) mass is 273 g/mol. The number of benzene rings is 1. The van der Waals surface area contributed by atoms with Gasteiger partial charge in [0.05, 0.1) is 6.04 Å². The quantitative estimate of drug-likeness (QED) is 0.927. The Bertz CT molecular complexity index is 477. The number of hydrogen-bond donors (Lipinski definition) is 1. The van der Waals surface area contributed by atoms with E-state index in [1.54, 1.807) is 11.3 Å². The average Bonchev–Trinajstić information content (AvgIpc) is 3.01. The molecule has 1 fully saturated rings. The van der Waals surface area contributed by atoms with Gasteiger partial charge in [-0.2, -0.15) is 0 Å². The van der Waals surface area contributed by atoms with E-state index in [0.717, 1.165) is 32.6 Å². The zero-order chi connectivity index (χ0) is 12.9. The van der Waals surface area contributed by atoms with Gasteiger partial charge in [0.2, 0.25) is 0 Å². The summed E-state index contributed by atoms with van der Waals surface area (Å²) in [5, 5.41) is 6.74. The summed E-state index contributed by atoms with van der Waals surface area (Å²) < 4.78 is 0. The van der Waals surface area contributed by atoms with Gasteiger partial charge in [0.25, 0.3) is 0 Å². The molecule has 2 heterocycles. The minimum absolute atomic E-state index is 0.421. The lowest BCUT2D eigenvalue weighted by Gasteiger charge is -2.34. The fraction of sp³-hybridized carbons (Fsp3) is 0.400. The van der Waals surface area contributed by atoms with Gasteiger partial charge in [-0.25, -0.2) is 4.98 Å². The maximum Gasteiger partial charge on any atom is 0.110 e. The lowest BCUT2D eigenvalue weighted by atomic mass is 10.0. The summed E-state index contributed by atoms with van der Waals surface area (Å²) in [6, 6.07) is 11.2. The Labute approximate surface area is 118 Å². The molecule has 1 atom stereocenters. The van der Waals surface area contributed by atoms with Gasteiger partial charge >= 0.3 is 0 Å². The van der Waals surface area contributed by atoms with Crippen molar-refractivity contribution in [2.45, 2.75) is 12.5 Å². The second-order valence-corrected chi connectivity index (χ2v) is 5.79. The molecule has 1 N–H and O–H groups in total. The van der Waals surface area contributed by atoms with Crippen molar-refractivity contribution in [2.75, 3.05) is 26.2 Å². The number of thiazole rings is 1. The van der Waals surface area contributed by atoms with Gasteiger partial charge < -0.3 is 5.32 Å². The molecule has 4 heteroatoms. The highest BCUT2D eigenvalue weighted by atomic mass is 32.1. The highest BCUT2D eigenvalue weighted by Crippen LogP contribution is 2.26. The predicted molar refractivity (Wildman–Crippen MR) is 79.4 cm³/mol. The summed E-state index contributed by atoms with van der Waals surface area (Å²) >= 11 is 1.77. The number of hydrogen-bond acceptors (Lipinski definition) is 4. The molecule has 0 bridgehead atoms. The van der Waals surface area contributed by atoms with Crippen LogP contribution in [0.1, 0.15) is 16.6 Å². The topological polar surface area (TPSA) is 28.2 Å². The first-order valence-corrected chi connectivity index (χ1v) is 7.69. The van der Waals surface area contributed by atoms with Crippen molar-refractivity contribution < 1.29 is 0 Å². The van der Waals surface area contributed by atoms with Crippen molar-refractivity contribution in [3.63, 3.8) is 0 Å². The third-order valence-electron chi connectivity index (χ3n) is 3.60. The van der Waals surface area contributed by atoms with E-state index < -0.39 is 0 Å². The third kappa shape index (κ3) is 3.21. The van der Waals surface area contributed by atoms with Crippen LogP contribution >= 0.6 is 11.3 Å². The van der Waals surface area contributed by atoms with Crippen LogP contribution in [-0.2, 0) is 6.42 Å². The van der Waals surface area contributed by atoms with Crippen LogP contribution in [0.5, 0.6) is 0 Å². The Morgan fingerprint density at radius 3 is 2.68 bits per heavy atom. The number of nitrogens with one attached hydrogen (secondary N) is 1. The Kier molecular flexibility index (Phi) is 4.23. The van der Waals surface area contributed by atoms with Crippen molar-refractivity contribution in [2.24, 2.45) is 0 Å². The Balaban J connectivity index is 1.80. The predicted octanol–water partition coefficient (Wildman–Crippen LogP) is 2.33. The van der Waals surface area contributed by atoms with Crippen molar-refractivity contribution in [3.05, 3.63) is 52.5 Å². The van der Waals surface area contributed by atoms with E-state index in [1.165, 1.54) is 10.6 Å². The molecule has 3 nitrogen and oxygen atoms in total. The molecular weight excluding hydrogens is 254 g/mol. The zero-order valence-electron chi connectivity index (χ0n) is 11.0. The van der Waals surface area contributed by atoms with Crippen LogP contribution < -0.4 is 5.32 Å². The lowest BCUT2D eigenvalue weighted by Crippen LogP contribution is -2.45. The molecule has 0 aliphatic carbocycles. The Morgan fingerprint density at radius 1 is 1.21 bits per heavy atom. The molecule has 1 aliphatic rings. The van der Waals surface area contributed by atoms with Gasteiger partial charge in [-0.05, 0) is 12.0 Å². The van der Waals surface area contributed by atoms with Crippen LogP contribution in [0.2, 0.25) is 0 Å². The molecule has 1 aromatic heterocycles. The van der Waals surface area contributed by atoms with E-state index in [1.807, 2.05) is 6.20 Å². The number of aromatic nitrogens is 1. The molecule has 0 radical (unpaired) electrons. The molecule has 19 heavy (non-hydrogen) atoms. The second kappa shape index (κ2) is 6.28. The molecule has 1 saturated heterocycles. The number of nitrogens with zero attached hydrogens (tertiary/aromatic N) is 2. The molecule has 0 spiro atoms. The van der Waals surface area contributed by atoms with Gasteiger partial charge in [0.15, 0.2) is 0 Å². The first-order chi connectivity index (χ1) is 9.43. The van der Waals surface area contributed by atoms with Crippen LogP contribution in [0.4, 0.5) is 0 Å². The van der Waals surface area contributed by atoms with Gasteiger partial charge in [0, 0.05) is 37.8 Å². The van der Waals surface area contributed by atoms with Crippen molar-refractivity contribution in [3.8, 4) is 0 Å². The van der Waals surface area contributed by atoms with Crippen molar-refractivity contribution >= 4 is 11.3 Å². The second-order valence-electron chi connectivity index (χ2n) is 4.86. The minimum Gasteiger partial charge on any atom is -0.314 e. The zero-order valence-corrected chi connectivity index (χ0v) is 11.8. The summed E-state index contributed by atoms with van der Waals surface area (Å²) in [6.45, 7) is 4.38. The third-order valence-corrected chi connectivity index (χ3v) is 4.48. The summed E-state index contributed by atoms with van der Waals surface area (Å²) in [4.78, 5) is 7.10. The fourth-order valence-corrected chi connectivity index (χ4v) is 3.38. The average molecular weight is 273 g/mol. The summed E-state index contributed by atoms with van der Waals surface area (Å²) in [5.41, 5.74) is 1.39. The first-order valence-electron chi connectivity index (χ1n) is 6.81. The smallest absolute Gasteiger partial charge is 0.110 e. The number of rotatable bonds is 4. The Morgan fingerprint density at radius 2 is 2.00 bits per heavy atom.